The molecular formula is C15H21N3O. The summed E-state index contributed by atoms with van der Waals surface area (Å²) in [7, 11) is 1.79. The zero-order chi connectivity index (χ0) is 13.6. The first kappa shape index (κ1) is 12.5. The monoisotopic (exact) mass is 259 g/mol. The molecule has 1 fully saturated rings. The van der Waals surface area contributed by atoms with E-state index in [-0.39, 0.29) is 0 Å². The van der Waals surface area contributed by atoms with Gasteiger partial charge >= 0.3 is 0 Å². The molecule has 0 spiro atoms. The van der Waals surface area contributed by atoms with Crippen LogP contribution in [0.25, 0.3) is 11.0 Å². The molecule has 0 atom stereocenters. The molecule has 0 amide bonds. The van der Waals surface area contributed by atoms with Crippen LogP contribution in [0.15, 0.2) is 18.2 Å². The van der Waals surface area contributed by atoms with Gasteiger partial charge in [0, 0.05) is 24.8 Å². The van der Waals surface area contributed by atoms with E-state index < -0.39 is 0 Å². The number of hydrogen-bond acceptors (Lipinski definition) is 3. The van der Waals surface area contributed by atoms with Gasteiger partial charge in [-0.15, -0.1) is 0 Å². The van der Waals surface area contributed by atoms with E-state index in [0.717, 1.165) is 29.9 Å². The van der Waals surface area contributed by atoms with Gasteiger partial charge in [0.05, 0.1) is 17.1 Å². The fourth-order valence-electron chi connectivity index (χ4n) is 2.87. The first-order chi connectivity index (χ1) is 9.10. The quantitative estimate of drug-likeness (QED) is 0.862. The Bertz CT molecular complexity index is 597. The van der Waals surface area contributed by atoms with E-state index in [1.165, 1.54) is 5.52 Å². The predicted molar refractivity (Wildman–Crippen MR) is 77.3 cm³/mol. The lowest BCUT2D eigenvalue weighted by Crippen LogP contribution is -2.33. The second-order valence-corrected chi connectivity index (χ2v) is 5.73. The van der Waals surface area contributed by atoms with E-state index in [1.807, 2.05) is 12.1 Å². The number of methoxy groups -OCH3 is 1. The summed E-state index contributed by atoms with van der Waals surface area (Å²) >= 11 is 0. The fourth-order valence-corrected chi connectivity index (χ4v) is 2.87. The maximum atomic E-state index is 5.86. The van der Waals surface area contributed by atoms with E-state index >= 15 is 0 Å². The molecule has 19 heavy (non-hydrogen) atoms. The highest BCUT2D eigenvalue weighted by atomic mass is 16.5. The molecule has 102 valence electrons. The summed E-state index contributed by atoms with van der Waals surface area (Å²) in [4.78, 5) is 4.77. The molecule has 0 aliphatic heterocycles. The van der Waals surface area contributed by atoms with Crippen LogP contribution >= 0.6 is 0 Å². The van der Waals surface area contributed by atoms with E-state index in [0.29, 0.717) is 18.1 Å². The molecule has 1 saturated carbocycles. The number of imidazole rings is 1. The summed E-state index contributed by atoms with van der Waals surface area (Å²) in [6, 6.07) is 6.52. The van der Waals surface area contributed by atoms with Crippen LogP contribution in [-0.4, -0.2) is 22.8 Å². The molecular weight excluding hydrogens is 238 g/mol. The van der Waals surface area contributed by atoms with Crippen LogP contribution in [0.3, 0.4) is 0 Å². The van der Waals surface area contributed by atoms with Crippen molar-refractivity contribution in [1.82, 2.24) is 9.55 Å². The lowest BCUT2D eigenvalue weighted by Gasteiger charge is -2.36. The molecule has 1 aromatic heterocycles. The molecule has 0 saturated heterocycles. The minimum Gasteiger partial charge on any atom is -0.399 e. The molecule has 4 heteroatoms. The van der Waals surface area contributed by atoms with Gasteiger partial charge in [-0.25, -0.2) is 4.98 Å². The van der Waals surface area contributed by atoms with Crippen molar-refractivity contribution in [3.05, 3.63) is 24.0 Å². The van der Waals surface area contributed by atoms with Gasteiger partial charge in [0.25, 0.3) is 0 Å². The summed E-state index contributed by atoms with van der Waals surface area (Å²) in [6.45, 7) is 4.38. The highest BCUT2D eigenvalue weighted by Crippen LogP contribution is 2.39. The molecule has 1 heterocycles. The number of nitrogens with two attached hydrogens (primary N) is 1. The molecule has 0 unspecified atom stereocenters. The Hall–Kier alpha value is -1.55. The second-order valence-electron chi connectivity index (χ2n) is 5.73. The summed E-state index contributed by atoms with van der Waals surface area (Å²) in [5.41, 5.74) is 8.83. The Labute approximate surface area is 113 Å². The third-order valence-corrected chi connectivity index (χ3v) is 4.03. The van der Waals surface area contributed by atoms with Crippen LogP contribution in [0.4, 0.5) is 5.69 Å². The minimum absolute atomic E-state index is 0.399. The van der Waals surface area contributed by atoms with Gasteiger partial charge in [0.15, 0.2) is 0 Å². The topological polar surface area (TPSA) is 53.1 Å². The molecule has 1 aliphatic rings. The summed E-state index contributed by atoms with van der Waals surface area (Å²) < 4.78 is 7.78. The van der Waals surface area contributed by atoms with Crippen LogP contribution in [0.1, 0.15) is 44.5 Å². The number of nitrogen functional groups attached to an aromatic ring is 1. The highest BCUT2D eigenvalue weighted by molar-refractivity contribution is 5.80. The Kier molecular flexibility index (Phi) is 2.97. The molecule has 1 aromatic carbocycles. The maximum Gasteiger partial charge on any atom is 0.112 e. The maximum absolute atomic E-state index is 5.86. The Morgan fingerprint density at radius 3 is 2.74 bits per heavy atom. The second kappa shape index (κ2) is 4.53. The van der Waals surface area contributed by atoms with E-state index in [1.54, 1.807) is 7.11 Å². The lowest BCUT2D eigenvalue weighted by atomic mass is 9.88. The average molecular weight is 259 g/mol. The van der Waals surface area contributed by atoms with Gasteiger partial charge in [-0.1, -0.05) is 13.8 Å². The number of fused-ring (bicyclic) bond motifs is 1. The molecule has 2 N–H and O–H groups in total. The molecule has 3 rings (SSSR count). The largest absolute Gasteiger partial charge is 0.399 e. The zero-order valence-corrected chi connectivity index (χ0v) is 11.8. The van der Waals surface area contributed by atoms with Crippen molar-refractivity contribution in [3.8, 4) is 0 Å². The van der Waals surface area contributed by atoms with E-state index in [4.69, 9.17) is 15.5 Å². The van der Waals surface area contributed by atoms with Gasteiger partial charge in [0.1, 0.15) is 5.82 Å². The third kappa shape index (κ3) is 2.00. The van der Waals surface area contributed by atoms with Crippen LogP contribution in [0.5, 0.6) is 0 Å². The smallest absolute Gasteiger partial charge is 0.112 e. The Morgan fingerprint density at radius 1 is 1.37 bits per heavy atom. The van der Waals surface area contributed by atoms with Gasteiger partial charge in [-0.05, 0) is 31.0 Å². The molecule has 0 bridgehead atoms. The van der Waals surface area contributed by atoms with Gasteiger partial charge < -0.3 is 15.0 Å². The zero-order valence-electron chi connectivity index (χ0n) is 11.8. The first-order valence-corrected chi connectivity index (χ1v) is 6.90. The van der Waals surface area contributed by atoms with Crippen molar-refractivity contribution in [2.45, 2.75) is 44.8 Å². The SMILES string of the molecule is COC1CC(n2c(C(C)C)nc3cc(N)ccc32)C1. The molecule has 4 nitrogen and oxygen atoms in total. The summed E-state index contributed by atoms with van der Waals surface area (Å²) in [6.07, 6.45) is 2.55. The van der Waals surface area contributed by atoms with Crippen molar-refractivity contribution < 1.29 is 4.74 Å². The van der Waals surface area contributed by atoms with Crippen molar-refractivity contribution in [3.63, 3.8) is 0 Å². The lowest BCUT2D eigenvalue weighted by molar-refractivity contribution is 0.00640. The van der Waals surface area contributed by atoms with Crippen molar-refractivity contribution in [2.75, 3.05) is 12.8 Å². The molecule has 2 aromatic rings. The molecule has 0 radical (unpaired) electrons. The first-order valence-electron chi connectivity index (χ1n) is 6.90. The number of nitrogens with zero attached hydrogens (tertiary/aromatic N) is 2. The standard InChI is InChI=1S/C15H21N3O/c1-9(2)15-17-13-6-10(16)4-5-14(13)18(15)11-7-12(8-11)19-3/h4-6,9,11-12H,7-8,16H2,1-3H3. The van der Waals surface area contributed by atoms with Crippen LogP contribution < -0.4 is 5.73 Å². The minimum atomic E-state index is 0.399. The average Bonchev–Trinajstić information content (AvgIpc) is 2.66. The summed E-state index contributed by atoms with van der Waals surface area (Å²) in [5, 5.41) is 0. The van der Waals surface area contributed by atoms with Crippen LogP contribution in [0, 0.1) is 0 Å². The van der Waals surface area contributed by atoms with E-state index in [2.05, 4.69) is 24.5 Å². The number of ether oxygens (including phenoxy) is 1. The number of benzene rings is 1. The van der Waals surface area contributed by atoms with Crippen molar-refractivity contribution >= 4 is 16.7 Å². The fraction of sp³-hybridized carbons (Fsp3) is 0.533. The van der Waals surface area contributed by atoms with Crippen LogP contribution in [0.2, 0.25) is 0 Å². The summed E-state index contributed by atoms with van der Waals surface area (Å²) in [5.74, 6) is 1.57. The number of rotatable bonds is 3. The van der Waals surface area contributed by atoms with Gasteiger partial charge in [0.2, 0.25) is 0 Å². The Morgan fingerprint density at radius 2 is 2.11 bits per heavy atom. The molecule has 1 aliphatic carbocycles. The third-order valence-electron chi connectivity index (χ3n) is 4.03. The van der Waals surface area contributed by atoms with Crippen molar-refractivity contribution in [1.29, 1.82) is 0 Å². The highest BCUT2D eigenvalue weighted by Gasteiger charge is 2.33. The number of hydrogen-bond donors (Lipinski definition) is 1. The van der Waals surface area contributed by atoms with Crippen molar-refractivity contribution in [2.24, 2.45) is 0 Å². The number of anilines is 1. The predicted octanol–water partition coefficient (Wildman–Crippen LogP) is 3.09. The van der Waals surface area contributed by atoms with Crippen LogP contribution in [-0.2, 0) is 4.74 Å². The van der Waals surface area contributed by atoms with Gasteiger partial charge in [-0.3, -0.25) is 0 Å². The Balaban J connectivity index is 2.07. The number of aromatic nitrogens is 2. The van der Waals surface area contributed by atoms with E-state index in [9.17, 15) is 0 Å². The van der Waals surface area contributed by atoms with Gasteiger partial charge in [-0.2, -0.15) is 0 Å². The normalized spacial score (nSPS) is 22.9.